The lowest BCUT2D eigenvalue weighted by molar-refractivity contribution is 0.0418. The largest absolute Gasteiger partial charge is 0.303 e. The molecule has 96 valence electrons. The zero-order valence-electron chi connectivity index (χ0n) is 11.3. The number of hydrogen-bond acceptors (Lipinski definition) is 2. The van der Waals surface area contributed by atoms with Crippen LogP contribution in [0, 0.1) is 25.7 Å². The van der Waals surface area contributed by atoms with Crippen molar-refractivity contribution in [2.75, 3.05) is 19.6 Å². The smallest absolute Gasteiger partial charge is 0.167 e. The highest BCUT2D eigenvalue weighted by atomic mass is 16.1. The third kappa shape index (κ3) is 1.99. The maximum Gasteiger partial charge on any atom is 0.167 e. The van der Waals surface area contributed by atoms with Gasteiger partial charge in [0.1, 0.15) is 0 Å². The number of benzene rings is 1. The first-order chi connectivity index (χ1) is 8.65. The molecule has 3 aliphatic rings. The van der Waals surface area contributed by atoms with E-state index in [0.717, 1.165) is 17.7 Å². The molecule has 3 saturated heterocycles. The molecule has 2 nitrogen and oxygen atoms in total. The number of Topliss-reactive ketones (excluding diaryl/α,β-unsaturated/α-hetero) is 1. The van der Waals surface area contributed by atoms with Gasteiger partial charge in [-0.2, -0.15) is 0 Å². The summed E-state index contributed by atoms with van der Waals surface area (Å²) in [7, 11) is 0. The van der Waals surface area contributed by atoms with Crippen molar-refractivity contribution in [2.45, 2.75) is 26.7 Å². The second kappa shape index (κ2) is 4.51. The van der Waals surface area contributed by atoms with Crippen molar-refractivity contribution >= 4 is 5.78 Å². The summed E-state index contributed by atoms with van der Waals surface area (Å²) < 4.78 is 0. The molecule has 1 aromatic rings. The van der Waals surface area contributed by atoms with Gasteiger partial charge in [0, 0.05) is 18.0 Å². The van der Waals surface area contributed by atoms with Gasteiger partial charge in [-0.25, -0.2) is 0 Å². The quantitative estimate of drug-likeness (QED) is 0.744. The van der Waals surface area contributed by atoms with Gasteiger partial charge in [0.15, 0.2) is 5.78 Å². The molecule has 0 saturated carbocycles. The van der Waals surface area contributed by atoms with E-state index in [1.807, 2.05) is 6.07 Å². The summed E-state index contributed by atoms with van der Waals surface area (Å²) in [6.45, 7) is 7.51. The Bertz CT molecular complexity index is 472. The summed E-state index contributed by atoms with van der Waals surface area (Å²) in [5, 5.41) is 0. The number of rotatable bonds is 2. The van der Waals surface area contributed by atoms with Crippen molar-refractivity contribution in [2.24, 2.45) is 11.8 Å². The van der Waals surface area contributed by atoms with Crippen LogP contribution in [-0.2, 0) is 0 Å². The molecule has 3 fully saturated rings. The first-order valence-corrected chi connectivity index (χ1v) is 6.99. The van der Waals surface area contributed by atoms with Crippen LogP contribution in [0.3, 0.4) is 0 Å². The van der Waals surface area contributed by atoms with Gasteiger partial charge in [0.05, 0.1) is 0 Å². The molecule has 3 aliphatic heterocycles. The van der Waals surface area contributed by atoms with Crippen LogP contribution in [0.15, 0.2) is 18.2 Å². The Kier molecular flexibility index (Phi) is 2.98. The highest BCUT2D eigenvalue weighted by molar-refractivity contribution is 5.99. The number of ketones is 1. The minimum atomic E-state index is 0.244. The molecule has 0 aromatic heterocycles. The molecule has 1 aromatic carbocycles. The molecule has 2 bridgehead atoms. The van der Waals surface area contributed by atoms with Crippen LogP contribution in [0.2, 0.25) is 0 Å². The maximum atomic E-state index is 12.7. The molecule has 1 atom stereocenters. The normalized spacial score (nSPS) is 30.4. The minimum Gasteiger partial charge on any atom is -0.303 e. The van der Waals surface area contributed by atoms with Gasteiger partial charge in [-0.05, 0) is 51.3 Å². The maximum absolute atomic E-state index is 12.7. The first kappa shape index (κ1) is 11.9. The molecule has 4 rings (SSSR count). The van der Waals surface area contributed by atoms with Crippen LogP contribution in [0.4, 0.5) is 0 Å². The average molecular weight is 243 g/mol. The lowest BCUT2D eigenvalue weighted by atomic mass is 9.75. The zero-order chi connectivity index (χ0) is 12.7. The van der Waals surface area contributed by atoms with Gasteiger partial charge in [-0.3, -0.25) is 4.79 Å². The van der Waals surface area contributed by atoms with E-state index < -0.39 is 0 Å². The van der Waals surface area contributed by atoms with Crippen molar-refractivity contribution in [1.82, 2.24) is 4.90 Å². The number of aryl methyl sites for hydroxylation is 2. The summed E-state index contributed by atoms with van der Waals surface area (Å²) in [6, 6.07) is 6.20. The van der Waals surface area contributed by atoms with Crippen LogP contribution >= 0.6 is 0 Å². The molecular weight excluding hydrogens is 222 g/mol. The number of hydrogen-bond donors (Lipinski definition) is 0. The number of nitrogens with zero attached hydrogens (tertiary/aromatic N) is 1. The van der Waals surface area contributed by atoms with Gasteiger partial charge >= 0.3 is 0 Å². The summed E-state index contributed by atoms with van der Waals surface area (Å²) in [5.74, 6) is 1.25. The highest BCUT2D eigenvalue weighted by Gasteiger charge is 2.38. The number of carbonyl (C=O) groups is 1. The molecule has 0 amide bonds. The van der Waals surface area contributed by atoms with Crippen molar-refractivity contribution < 1.29 is 4.79 Å². The standard InChI is InChI=1S/C16H21NO/c1-11-3-4-14(12(2)9-11)16(18)15-10-17-7-5-13(15)6-8-17/h3-4,9,13,15H,5-8,10H2,1-2H3. The topological polar surface area (TPSA) is 20.3 Å². The van der Waals surface area contributed by atoms with E-state index in [4.69, 9.17) is 0 Å². The van der Waals surface area contributed by atoms with Gasteiger partial charge in [-0.1, -0.05) is 23.8 Å². The fourth-order valence-corrected chi connectivity index (χ4v) is 3.55. The van der Waals surface area contributed by atoms with E-state index in [1.54, 1.807) is 0 Å². The Morgan fingerprint density at radius 3 is 2.50 bits per heavy atom. The summed E-state index contributed by atoms with van der Waals surface area (Å²) in [4.78, 5) is 15.1. The van der Waals surface area contributed by atoms with Crippen LogP contribution in [0.25, 0.3) is 0 Å². The molecular formula is C16H21NO. The SMILES string of the molecule is Cc1ccc(C(=O)C2CN3CCC2CC3)c(C)c1. The van der Waals surface area contributed by atoms with Crippen LogP contribution in [0.5, 0.6) is 0 Å². The van der Waals surface area contributed by atoms with Crippen molar-refractivity contribution in [3.05, 3.63) is 34.9 Å². The summed E-state index contributed by atoms with van der Waals surface area (Å²) in [6.07, 6.45) is 2.42. The summed E-state index contributed by atoms with van der Waals surface area (Å²) in [5.41, 5.74) is 3.31. The Labute approximate surface area is 109 Å². The van der Waals surface area contributed by atoms with Crippen LogP contribution in [-0.4, -0.2) is 30.3 Å². The Morgan fingerprint density at radius 1 is 1.22 bits per heavy atom. The monoisotopic (exact) mass is 243 g/mol. The third-order valence-electron chi connectivity index (χ3n) is 4.64. The Balaban J connectivity index is 1.86. The lowest BCUT2D eigenvalue weighted by Gasteiger charge is -2.44. The average Bonchev–Trinajstić information content (AvgIpc) is 2.39. The molecule has 3 heterocycles. The molecule has 18 heavy (non-hydrogen) atoms. The van der Waals surface area contributed by atoms with Crippen molar-refractivity contribution in [3.63, 3.8) is 0 Å². The van der Waals surface area contributed by atoms with E-state index >= 15 is 0 Å². The fraction of sp³-hybridized carbons (Fsp3) is 0.562. The van der Waals surface area contributed by atoms with Crippen molar-refractivity contribution in [1.29, 1.82) is 0 Å². The van der Waals surface area contributed by atoms with E-state index in [0.29, 0.717) is 11.7 Å². The van der Waals surface area contributed by atoms with E-state index in [-0.39, 0.29) is 5.92 Å². The zero-order valence-corrected chi connectivity index (χ0v) is 11.3. The Hall–Kier alpha value is -1.15. The fourth-order valence-electron chi connectivity index (χ4n) is 3.55. The number of carbonyl (C=O) groups excluding carboxylic acids is 1. The van der Waals surface area contributed by atoms with Gasteiger partial charge in [0.25, 0.3) is 0 Å². The van der Waals surface area contributed by atoms with E-state index in [9.17, 15) is 4.79 Å². The van der Waals surface area contributed by atoms with Crippen LogP contribution in [0.1, 0.15) is 34.3 Å². The number of fused-ring (bicyclic) bond motifs is 3. The van der Waals surface area contributed by atoms with E-state index in [2.05, 4.69) is 30.9 Å². The Morgan fingerprint density at radius 2 is 1.94 bits per heavy atom. The molecule has 0 aliphatic carbocycles. The predicted octanol–water partition coefficient (Wildman–Crippen LogP) is 2.83. The lowest BCUT2D eigenvalue weighted by Crippen LogP contribution is -2.50. The van der Waals surface area contributed by atoms with Crippen LogP contribution < -0.4 is 0 Å². The first-order valence-electron chi connectivity index (χ1n) is 6.99. The van der Waals surface area contributed by atoms with Gasteiger partial charge in [0.2, 0.25) is 0 Å². The molecule has 0 spiro atoms. The second-order valence-corrected chi connectivity index (χ2v) is 5.93. The predicted molar refractivity (Wildman–Crippen MR) is 72.9 cm³/mol. The summed E-state index contributed by atoms with van der Waals surface area (Å²) >= 11 is 0. The molecule has 2 heteroatoms. The van der Waals surface area contributed by atoms with E-state index in [1.165, 1.54) is 31.5 Å². The van der Waals surface area contributed by atoms with Gasteiger partial charge < -0.3 is 4.90 Å². The highest BCUT2D eigenvalue weighted by Crippen LogP contribution is 2.34. The minimum absolute atomic E-state index is 0.244. The number of piperidine rings is 3. The van der Waals surface area contributed by atoms with Crippen molar-refractivity contribution in [3.8, 4) is 0 Å². The second-order valence-electron chi connectivity index (χ2n) is 5.93. The third-order valence-corrected chi connectivity index (χ3v) is 4.64. The molecule has 0 N–H and O–H groups in total. The molecule has 1 unspecified atom stereocenters. The molecule has 0 radical (unpaired) electrons. The van der Waals surface area contributed by atoms with Gasteiger partial charge in [-0.15, -0.1) is 0 Å².